The first-order chi connectivity index (χ1) is 15.8. The smallest absolute Gasteiger partial charge is 0.278 e. The summed E-state index contributed by atoms with van der Waals surface area (Å²) >= 11 is 0. The Balaban J connectivity index is 1.89. The second-order valence-electron chi connectivity index (χ2n) is 8.65. The summed E-state index contributed by atoms with van der Waals surface area (Å²) in [6.07, 6.45) is 1.68. The summed E-state index contributed by atoms with van der Waals surface area (Å²) in [4.78, 5) is 27.9. The lowest BCUT2D eigenvalue weighted by Crippen LogP contribution is -2.34. The Morgan fingerprint density at radius 1 is 0.879 bits per heavy atom. The highest BCUT2D eigenvalue weighted by molar-refractivity contribution is 6.36. The molecule has 0 radical (unpaired) electrons. The van der Waals surface area contributed by atoms with Crippen LogP contribution in [0.4, 0.5) is 5.69 Å². The zero-order valence-electron chi connectivity index (χ0n) is 20.2. The molecule has 0 aromatic heterocycles. The minimum absolute atomic E-state index is 0.0524. The van der Waals surface area contributed by atoms with Crippen LogP contribution in [0.5, 0.6) is 5.75 Å². The highest BCUT2D eigenvalue weighted by Crippen LogP contribution is 2.31. The number of carbonyl (C=O) groups is 2. The SMILES string of the molecule is CCc1ccc(NC2=C(c3ccc(OC(C)C)cc3)C(=O)N(CCCOC(C)C)C2=O)cc1. The molecule has 0 spiro atoms. The molecule has 0 atom stereocenters. The number of rotatable bonds is 11. The average molecular weight is 451 g/mol. The fraction of sp³-hybridized carbons (Fsp3) is 0.407. The molecule has 0 bridgehead atoms. The highest BCUT2D eigenvalue weighted by Gasteiger charge is 2.38. The summed E-state index contributed by atoms with van der Waals surface area (Å²) in [5, 5.41) is 3.21. The molecule has 0 aliphatic carbocycles. The monoisotopic (exact) mass is 450 g/mol. The standard InChI is InChI=1S/C27H34N2O4/c1-6-20-8-12-22(13-9-20)28-25-24(21-10-14-23(15-11-21)33-19(4)5)26(30)29(27(25)31)16-7-17-32-18(2)3/h8-15,18-19,28H,6-7,16-17H2,1-5H3. The summed E-state index contributed by atoms with van der Waals surface area (Å²) in [7, 11) is 0. The lowest BCUT2D eigenvalue weighted by Gasteiger charge is -2.16. The number of aryl methyl sites for hydroxylation is 1. The highest BCUT2D eigenvalue weighted by atomic mass is 16.5. The third kappa shape index (κ3) is 6.23. The Morgan fingerprint density at radius 3 is 2.12 bits per heavy atom. The van der Waals surface area contributed by atoms with E-state index in [1.165, 1.54) is 10.5 Å². The minimum atomic E-state index is -0.318. The topological polar surface area (TPSA) is 67.9 Å². The van der Waals surface area contributed by atoms with Gasteiger partial charge in [0.15, 0.2) is 0 Å². The van der Waals surface area contributed by atoms with Crippen LogP contribution < -0.4 is 10.1 Å². The maximum Gasteiger partial charge on any atom is 0.278 e. The van der Waals surface area contributed by atoms with Gasteiger partial charge >= 0.3 is 0 Å². The van der Waals surface area contributed by atoms with Crippen molar-refractivity contribution in [1.29, 1.82) is 0 Å². The number of benzene rings is 2. The van der Waals surface area contributed by atoms with Crippen LogP contribution in [0.1, 0.15) is 52.2 Å². The van der Waals surface area contributed by atoms with Crippen molar-refractivity contribution in [3.8, 4) is 5.75 Å². The summed E-state index contributed by atoms with van der Waals surface area (Å²) in [6.45, 7) is 10.7. The zero-order valence-corrected chi connectivity index (χ0v) is 20.2. The quantitative estimate of drug-likeness (QED) is 0.384. The van der Waals surface area contributed by atoms with Crippen LogP contribution in [0.3, 0.4) is 0 Å². The van der Waals surface area contributed by atoms with Gasteiger partial charge in [-0.05, 0) is 75.9 Å². The molecule has 0 unspecified atom stereocenters. The number of anilines is 1. The molecule has 1 aliphatic rings. The van der Waals surface area contributed by atoms with E-state index in [1.807, 2.05) is 76.2 Å². The van der Waals surface area contributed by atoms with E-state index < -0.39 is 0 Å². The molecule has 0 saturated heterocycles. The Hall–Kier alpha value is -3.12. The van der Waals surface area contributed by atoms with Gasteiger partial charge in [0, 0.05) is 18.8 Å². The number of carbonyl (C=O) groups excluding carboxylic acids is 2. The van der Waals surface area contributed by atoms with Crippen molar-refractivity contribution in [3.05, 3.63) is 65.4 Å². The van der Waals surface area contributed by atoms with E-state index in [9.17, 15) is 9.59 Å². The van der Waals surface area contributed by atoms with E-state index in [0.717, 1.165) is 17.9 Å². The van der Waals surface area contributed by atoms with Crippen molar-refractivity contribution < 1.29 is 19.1 Å². The van der Waals surface area contributed by atoms with Crippen LogP contribution >= 0.6 is 0 Å². The zero-order chi connectivity index (χ0) is 24.0. The van der Waals surface area contributed by atoms with Gasteiger partial charge in [-0.25, -0.2) is 0 Å². The first-order valence-electron chi connectivity index (χ1n) is 11.6. The summed E-state index contributed by atoms with van der Waals surface area (Å²) in [5.74, 6) is 0.106. The third-order valence-corrected chi connectivity index (χ3v) is 5.29. The van der Waals surface area contributed by atoms with Crippen molar-refractivity contribution in [2.75, 3.05) is 18.5 Å². The fourth-order valence-electron chi connectivity index (χ4n) is 3.65. The molecule has 2 aromatic rings. The first kappa shape index (κ1) is 24.5. The summed E-state index contributed by atoms with van der Waals surface area (Å²) < 4.78 is 11.3. The molecule has 6 heteroatoms. The largest absolute Gasteiger partial charge is 0.491 e. The van der Waals surface area contributed by atoms with Gasteiger partial charge in [-0.15, -0.1) is 0 Å². The van der Waals surface area contributed by atoms with Gasteiger partial charge in [0.05, 0.1) is 17.8 Å². The second kappa shape index (κ2) is 11.1. The number of amides is 2. The van der Waals surface area contributed by atoms with Crippen LogP contribution in [-0.4, -0.2) is 42.1 Å². The lowest BCUT2D eigenvalue weighted by atomic mass is 10.0. The average Bonchev–Trinajstić information content (AvgIpc) is 3.01. The molecular formula is C27H34N2O4. The van der Waals surface area contributed by atoms with E-state index >= 15 is 0 Å². The Bertz CT molecular complexity index is 992. The molecule has 2 amide bonds. The maximum absolute atomic E-state index is 13.3. The number of nitrogens with one attached hydrogen (secondary N) is 1. The molecule has 1 heterocycles. The molecular weight excluding hydrogens is 416 g/mol. The molecule has 3 rings (SSSR count). The van der Waals surface area contributed by atoms with Gasteiger partial charge in [-0.3, -0.25) is 14.5 Å². The van der Waals surface area contributed by atoms with Crippen molar-refractivity contribution in [1.82, 2.24) is 4.90 Å². The molecule has 1 aliphatic heterocycles. The van der Waals surface area contributed by atoms with E-state index in [-0.39, 0.29) is 24.0 Å². The Morgan fingerprint density at radius 2 is 1.55 bits per heavy atom. The van der Waals surface area contributed by atoms with Crippen LogP contribution in [0.15, 0.2) is 54.2 Å². The molecule has 6 nitrogen and oxygen atoms in total. The van der Waals surface area contributed by atoms with Gasteiger partial charge < -0.3 is 14.8 Å². The summed E-state index contributed by atoms with van der Waals surface area (Å²) in [6, 6.07) is 15.2. The predicted octanol–water partition coefficient (Wildman–Crippen LogP) is 5.04. The van der Waals surface area contributed by atoms with Gasteiger partial charge in [0.1, 0.15) is 11.4 Å². The van der Waals surface area contributed by atoms with Crippen molar-refractivity contribution in [2.24, 2.45) is 0 Å². The molecule has 0 fully saturated rings. The van der Waals surface area contributed by atoms with Crippen LogP contribution in [0.2, 0.25) is 0 Å². The van der Waals surface area contributed by atoms with Gasteiger partial charge in [-0.1, -0.05) is 31.2 Å². The van der Waals surface area contributed by atoms with Gasteiger partial charge in [0.25, 0.3) is 11.8 Å². The van der Waals surface area contributed by atoms with E-state index in [1.54, 1.807) is 0 Å². The van der Waals surface area contributed by atoms with E-state index in [2.05, 4.69) is 12.2 Å². The molecule has 176 valence electrons. The molecule has 33 heavy (non-hydrogen) atoms. The third-order valence-electron chi connectivity index (χ3n) is 5.29. The molecule has 1 N–H and O–H groups in total. The maximum atomic E-state index is 13.3. The minimum Gasteiger partial charge on any atom is -0.491 e. The number of ether oxygens (including phenoxy) is 2. The number of hydrogen-bond acceptors (Lipinski definition) is 5. The van der Waals surface area contributed by atoms with Gasteiger partial charge in [-0.2, -0.15) is 0 Å². The number of imide groups is 1. The molecule has 0 saturated carbocycles. The van der Waals surface area contributed by atoms with Gasteiger partial charge in [0.2, 0.25) is 0 Å². The number of nitrogens with zero attached hydrogens (tertiary/aromatic N) is 1. The summed E-state index contributed by atoms with van der Waals surface area (Å²) in [5.41, 5.74) is 3.33. The Kier molecular flexibility index (Phi) is 8.28. The van der Waals surface area contributed by atoms with Crippen LogP contribution in [-0.2, 0) is 20.7 Å². The van der Waals surface area contributed by atoms with Crippen molar-refractivity contribution >= 4 is 23.1 Å². The van der Waals surface area contributed by atoms with Crippen LogP contribution in [0.25, 0.3) is 5.57 Å². The predicted molar refractivity (Wildman–Crippen MR) is 131 cm³/mol. The molecule has 2 aromatic carbocycles. The van der Waals surface area contributed by atoms with Crippen LogP contribution in [0, 0.1) is 0 Å². The van der Waals surface area contributed by atoms with Crippen molar-refractivity contribution in [2.45, 2.75) is 59.7 Å². The fourth-order valence-corrected chi connectivity index (χ4v) is 3.65. The normalized spacial score (nSPS) is 14.1. The Labute approximate surface area is 196 Å². The van der Waals surface area contributed by atoms with Crippen molar-refractivity contribution in [3.63, 3.8) is 0 Å². The van der Waals surface area contributed by atoms with E-state index in [0.29, 0.717) is 36.4 Å². The van der Waals surface area contributed by atoms with E-state index in [4.69, 9.17) is 9.47 Å². The lowest BCUT2D eigenvalue weighted by molar-refractivity contribution is -0.137. The first-order valence-corrected chi connectivity index (χ1v) is 11.6. The second-order valence-corrected chi connectivity index (χ2v) is 8.65. The number of hydrogen-bond donors (Lipinski definition) is 1.